The van der Waals surface area contributed by atoms with E-state index in [0.29, 0.717) is 17.1 Å². The van der Waals surface area contributed by atoms with Crippen LogP contribution in [0.4, 0.5) is 0 Å². The topological polar surface area (TPSA) is 12.5 Å². The van der Waals surface area contributed by atoms with E-state index in [1.54, 1.807) is 0 Å². The van der Waals surface area contributed by atoms with E-state index in [1.807, 2.05) is 0 Å². The lowest BCUT2D eigenvalue weighted by molar-refractivity contribution is -0.227. The summed E-state index contributed by atoms with van der Waals surface area (Å²) in [7, 11) is 0. The van der Waals surface area contributed by atoms with Crippen LogP contribution in [0.1, 0.15) is 47.0 Å². The van der Waals surface area contributed by atoms with E-state index < -0.39 is 0 Å². The maximum absolute atomic E-state index is 6.05. The normalized spacial score (nSPS) is 66.2. The highest BCUT2D eigenvalue weighted by molar-refractivity contribution is 5.27. The fourth-order valence-electron chi connectivity index (χ4n) is 6.08. The molecule has 16 heavy (non-hydrogen) atoms. The summed E-state index contributed by atoms with van der Waals surface area (Å²) in [5, 5.41) is 0. The van der Waals surface area contributed by atoms with Gasteiger partial charge in [-0.05, 0) is 61.2 Å². The standard InChI is InChI=1S/C15H24O/c1-8(2)9-5-6-14(3)10-7-11-15(4,16-11)13(14)12(9)10/h8-13H,5-7H2,1-4H3/t9-,10-,11?,12-,13?,14+,15-/m0/s1. The van der Waals surface area contributed by atoms with E-state index in [4.69, 9.17) is 4.74 Å². The van der Waals surface area contributed by atoms with Crippen LogP contribution in [0.25, 0.3) is 0 Å². The van der Waals surface area contributed by atoms with Crippen molar-refractivity contribution >= 4 is 0 Å². The molecule has 0 aromatic heterocycles. The largest absolute Gasteiger partial charge is 0.366 e. The van der Waals surface area contributed by atoms with Crippen molar-refractivity contribution in [3.63, 3.8) is 0 Å². The molecule has 1 aliphatic heterocycles. The van der Waals surface area contributed by atoms with Gasteiger partial charge in [-0.15, -0.1) is 0 Å². The summed E-state index contributed by atoms with van der Waals surface area (Å²) in [4.78, 5) is 0. The van der Waals surface area contributed by atoms with Gasteiger partial charge < -0.3 is 4.74 Å². The molecular formula is C15H24O. The highest BCUT2D eigenvalue weighted by Crippen LogP contribution is 2.78. The molecule has 4 bridgehead atoms. The molecule has 0 aromatic carbocycles. The molecule has 7 atom stereocenters. The van der Waals surface area contributed by atoms with Crippen LogP contribution in [0.2, 0.25) is 0 Å². The van der Waals surface area contributed by atoms with Crippen LogP contribution in [0, 0.1) is 35.0 Å². The molecule has 4 aliphatic carbocycles. The molecule has 5 rings (SSSR count). The quantitative estimate of drug-likeness (QED) is 0.616. The van der Waals surface area contributed by atoms with E-state index in [-0.39, 0.29) is 0 Å². The molecule has 0 aromatic rings. The number of ether oxygens (including phenoxy) is 1. The van der Waals surface area contributed by atoms with Gasteiger partial charge in [0.15, 0.2) is 0 Å². The number of hydrogen-bond donors (Lipinski definition) is 0. The Hall–Kier alpha value is -0.0400. The SMILES string of the molecule is CC(C)[C@@H]1CC[C@@]2(C)C3[C@@H]1[C@@H]2CC1O[C@@]13C. The van der Waals surface area contributed by atoms with Crippen molar-refractivity contribution in [2.45, 2.75) is 58.7 Å². The lowest BCUT2D eigenvalue weighted by atomic mass is 9.32. The van der Waals surface area contributed by atoms with Crippen LogP contribution in [0.3, 0.4) is 0 Å². The first-order chi connectivity index (χ1) is 7.48. The summed E-state index contributed by atoms with van der Waals surface area (Å²) >= 11 is 0. The fourth-order valence-corrected chi connectivity index (χ4v) is 6.08. The molecule has 0 radical (unpaired) electrons. The first-order valence-corrected chi connectivity index (χ1v) is 7.16. The van der Waals surface area contributed by atoms with Crippen LogP contribution in [-0.4, -0.2) is 11.7 Å². The molecule has 5 aliphatic rings. The third kappa shape index (κ3) is 0.836. The van der Waals surface area contributed by atoms with Crippen molar-refractivity contribution in [3.8, 4) is 0 Å². The van der Waals surface area contributed by atoms with Gasteiger partial charge in [-0.3, -0.25) is 0 Å². The minimum absolute atomic E-state index is 0.293. The summed E-state index contributed by atoms with van der Waals surface area (Å²) in [5.41, 5.74) is 0.944. The van der Waals surface area contributed by atoms with Gasteiger partial charge in [0.25, 0.3) is 0 Å². The van der Waals surface area contributed by atoms with Crippen molar-refractivity contribution < 1.29 is 4.74 Å². The van der Waals surface area contributed by atoms with E-state index >= 15 is 0 Å². The van der Waals surface area contributed by atoms with Crippen LogP contribution in [-0.2, 0) is 4.74 Å². The number of hydrogen-bond acceptors (Lipinski definition) is 1. The average Bonchev–Trinajstić information content (AvgIpc) is 2.89. The second kappa shape index (κ2) is 2.53. The van der Waals surface area contributed by atoms with Crippen molar-refractivity contribution in [2.24, 2.45) is 35.0 Å². The van der Waals surface area contributed by atoms with Gasteiger partial charge in [-0.25, -0.2) is 0 Å². The van der Waals surface area contributed by atoms with Crippen LogP contribution in [0.5, 0.6) is 0 Å². The molecule has 0 spiro atoms. The molecule has 0 amide bonds. The van der Waals surface area contributed by atoms with Crippen LogP contribution < -0.4 is 0 Å². The van der Waals surface area contributed by atoms with Crippen LogP contribution in [0.15, 0.2) is 0 Å². The lowest BCUT2D eigenvalue weighted by Crippen LogP contribution is -2.69. The predicted molar refractivity (Wildman–Crippen MR) is 64.0 cm³/mol. The van der Waals surface area contributed by atoms with Crippen molar-refractivity contribution in [3.05, 3.63) is 0 Å². The average molecular weight is 220 g/mol. The summed E-state index contributed by atoms with van der Waals surface area (Å²) in [5.74, 6) is 4.75. The van der Waals surface area contributed by atoms with E-state index in [2.05, 4.69) is 27.7 Å². The Morgan fingerprint density at radius 3 is 2.62 bits per heavy atom. The van der Waals surface area contributed by atoms with Crippen molar-refractivity contribution in [1.82, 2.24) is 0 Å². The number of fused-ring (bicyclic) bond motifs is 3. The molecule has 1 heterocycles. The molecule has 5 fully saturated rings. The molecule has 1 heteroatoms. The van der Waals surface area contributed by atoms with Gasteiger partial charge in [0.2, 0.25) is 0 Å². The zero-order valence-corrected chi connectivity index (χ0v) is 11.0. The van der Waals surface area contributed by atoms with Gasteiger partial charge in [-0.2, -0.15) is 0 Å². The van der Waals surface area contributed by atoms with Crippen molar-refractivity contribution in [2.75, 3.05) is 0 Å². The van der Waals surface area contributed by atoms with Crippen molar-refractivity contribution in [1.29, 1.82) is 0 Å². The van der Waals surface area contributed by atoms with Crippen LogP contribution >= 0.6 is 0 Å². The highest BCUT2D eigenvalue weighted by atomic mass is 16.6. The Balaban J connectivity index is 1.73. The number of epoxide rings is 1. The Bertz CT molecular complexity index is 349. The first kappa shape index (κ1) is 9.94. The van der Waals surface area contributed by atoms with E-state index in [9.17, 15) is 0 Å². The molecule has 2 unspecified atom stereocenters. The van der Waals surface area contributed by atoms with Gasteiger partial charge in [0.05, 0.1) is 11.7 Å². The minimum Gasteiger partial charge on any atom is -0.366 e. The zero-order valence-electron chi connectivity index (χ0n) is 11.0. The summed E-state index contributed by atoms with van der Waals surface area (Å²) in [6.07, 6.45) is 4.95. The lowest BCUT2D eigenvalue weighted by Gasteiger charge is -2.71. The molecular weight excluding hydrogens is 196 g/mol. The second-order valence-corrected chi connectivity index (χ2v) is 7.64. The van der Waals surface area contributed by atoms with Gasteiger partial charge in [0.1, 0.15) is 0 Å². The Kier molecular flexibility index (Phi) is 1.57. The Morgan fingerprint density at radius 2 is 2.00 bits per heavy atom. The molecule has 4 saturated carbocycles. The molecule has 1 saturated heterocycles. The number of rotatable bonds is 1. The highest BCUT2D eigenvalue weighted by Gasteiger charge is 2.79. The maximum Gasteiger partial charge on any atom is 0.0956 e. The Morgan fingerprint density at radius 1 is 1.25 bits per heavy atom. The van der Waals surface area contributed by atoms with Gasteiger partial charge in [0, 0.05) is 0 Å². The fraction of sp³-hybridized carbons (Fsp3) is 1.00. The summed E-state index contributed by atoms with van der Waals surface area (Å²) in [6, 6.07) is 0. The van der Waals surface area contributed by atoms with Gasteiger partial charge in [-0.1, -0.05) is 20.8 Å². The first-order valence-electron chi connectivity index (χ1n) is 7.16. The molecule has 90 valence electrons. The molecule has 0 N–H and O–H groups in total. The van der Waals surface area contributed by atoms with Gasteiger partial charge >= 0.3 is 0 Å². The zero-order chi connectivity index (χ0) is 11.3. The summed E-state index contributed by atoms with van der Waals surface area (Å²) < 4.78 is 6.05. The predicted octanol–water partition coefficient (Wildman–Crippen LogP) is 3.48. The van der Waals surface area contributed by atoms with E-state index in [0.717, 1.165) is 29.6 Å². The smallest absolute Gasteiger partial charge is 0.0956 e. The summed E-state index contributed by atoms with van der Waals surface area (Å²) in [6.45, 7) is 9.80. The Labute approximate surface area is 98.9 Å². The third-order valence-corrected chi connectivity index (χ3v) is 6.84. The minimum atomic E-state index is 0.293. The second-order valence-electron chi connectivity index (χ2n) is 7.64. The van der Waals surface area contributed by atoms with E-state index in [1.165, 1.54) is 19.3 Å². The maximum atomic E-state index is 6.05. The monoisotopic (exact) mass is 220 g/mol. The molecule has 1 nitrogen and oxygen atoms in total. The third-order valence-electron chi connectivity index (χ3n) is 6.84.